The van der Waals surface area contributed by atoms with Crippen LogP contribution in [0, 0.1) is 11.3 Å². The van der Waals surface area contributed by atoms with Gasteiger partial charge in [0.05, 0.1) is 12.5 Å². The quantitative estimate of drug-likeness (QED) is 0.916. The fraction of sp³-hybridized carbons (Fsp3) is 0.333. The number of carbonyl (C=O) groups excluding carboxylic acids is 1. The number of nitrogens with one attached hydrogen (secondary N) is 1. The Morgan fingerprint density at radius 3 is 2.21 bits per heavy atom. The van der Waals surface area contributed by atoms with Crippen LogP contribution < -0.4 is 5.32 Å². The van der Waals surface area contributed by atoms with Crippen LogP contribution in [0.4, 0.5) is 0 Å². The number of hydrogen-bond acceptors (Lipinski definition) is 2. The molecule has 1 N–H and O–H groups in total. The van der Waals surface area contributed by atoms with E-state index >= 15 is 0 Å². The number of benzene rings is 2. The second-order valence-corrected chi connectivity index (χ2v) is 6.54. The van der Waals surface area contributed by atoms with E-state index in [2.05, 4.69) is 23.5 Å². The molecule has 2 aromatic carbocycles. The largest absolute Gasteiger partial charge is 0.338 e. The van der Waals surface area contributed by atoms with E-state index in [1.54, 1.807) is 0 Å². The minimum absolute atomic E-state index is 0.0640. The Kier molecular flexibility index (Phi) is 4.96. The summed E-state index contributed by atoms with van der Waals surface area (Å²) in [6.07, 6.45) is 5.03. The molecule has 0 radical (unpaired) electrons. The lowest BCUT2D eigenvalue weighted by molar-refractivity contribution is -0.122. The van der Waals surface area contributed by atoms with Crippen molar-refractivity contribution in [1.29, 1.82) is 5.26 Å². The van der Waals surface area contributed by atoms with E-state index in [9.17, 15) is 10.1 Å². The average Bonchev–Trinajstić information content (AvgIpc) is 2.64. The monoisotopic (exact) mass is 318 g/mol. The number of carbonyl (C=O) groups is 1. The van der Waals surface area contributed by atoms with E-state index in [4.69, 9.17) is 0 Å². The normalized spacial score (nSPS) is 16.1. The molecule has 0 aliphatic heterocycles. The lowest BCUT2D eigenvalue weighted by Crippen LogP contribution is -2.49. The molecule has 122 valence electrons. The molecular formula is C21H22N2O. The third-order valence-electron chi connectivity index (χ3n) is 4.73. The second kappa shape index (κ2) is 7.31. The molecule has 3 rings (SSSR count). The molecule has 0 unspecified atom stereocenters. The Bertz CT molecular complexity index is 723. The third-order valence-corrected chi connectivity index (χ3v) is 4.73. The molecule has 1 saturated carbocycles. The van der Waals surface area contributed by atoms with Crippen LogP contribution in [0.3, 0.4) is 0 Å². The van der Waals surface area contributed by atoms with Crippen LogP contribution in [-0.2, 0) is 11.2 Å². The molecular weight excluding hydrogens is 296 g/mol. The van der Waals surface area contributed by atoms with Crippen molar-refractivity contribution in [3.63, 3.8) is 0 Å². The maximum Gasteiger partial charge on any atom is 0.225 e. The van der Waals surface area contributed by atoms with Crippen molar-refractivity contribution in [2.24, 2.45) is 0 Å². The number of nitriles is 1. The summed E-state index contributed by atoms with van der Waals surface area (Å²) >= 11 is 0. The van der Waals surface area contributed by atoms with Crippen molar-refractivity contribution < 1.29 is 4.79 Å². The van der Waals surface area contributed by atoms with Gasteiger partial charge in [-0.05, 0) is 29.5 Å². The van der Waals surface area contributed by atoms with Crippen molar-refractivity contribution in [3.8, 4) is 17.2 Å². The lowest BCUT2D eigenvalue weighted by atomic mass is 9.82. The Hall–Kier alpha value is -2.60. The van der Waals surface area contributed by atoms with E-state index in [1.165, 1.54) is 5.56 Å². The van der Waals surface area contributed by atoms with Crippen molar-refractivity contribution in [3.05, 3.63) is 60.2 Å². The summed E-state index contributed by atoms with van der Waals surface area (Å²) < 4.78 is 0. The highest BCUT2D eigenvalue weighted by atomic mass is 16.1. The van der Waals surface area contributed by atoms with E-state index < -0.39 is 5.54 Å². The number of hydrogen-bond donors (Lipinski definition) is 1. The minimum Gasteiger partial charge on any atom is -0.338 e. The fourth-order valence-electron chi connectivity index (χ4n) is 3.36. The average molecular weight is 318 g/mol. The third kappa shape index (κ3) is 3.83. The molecule has 1 fully saturated rings. The predicted molar refractivity (Wildman–Crippen MR) is 95.2 cm³/mol. The first-order valence-corrected chi connectivity index (χ1v) is 8.57. The summed E-state index contributed by atoms with van der Waals surface area (Å²) in [6.45, 7) is 0. The van der Waals surface area contributed by atoms with Gasteiger partial charge in [0.15, 0.2) is 0 Å². The van der Waals surface area contributed by atoms with E-state index in [0.717, 1.165) is 43.2 Å². The summed E-state index contributed by atoms with van der Waals surface area (Å²) in [6, 6.07) is 20.6. The van der Waals surface area contributed by atoms with Gasteiger partial charge in [0, 0.05) is 0 Å². The van der Waals surface area contributed by atoms with Crippen molar-refractivity contribution in [2.75, 3.05) is 0 Å². The van der Waals surface area contributed by atoms with Crippen LogP contribution in [0.2, 0.25) is 0 Å². The van der Waals surface area contributed by atoms with Gasteiger partial charge in [-0.3, -0.25) is 4.79 Å². The summed E-state index contributed by atoms with van der Waals surface area (Å²) in [7, 11) is 0. The van der Waals surface area contributed by atoms with Crippen LogP contribution in [-0.4, -0.2) is 11.4 Å². The van der Waals surface area contributed by atoms with Gasteiger partial charge in [0.2, 0.25) is 5.91 Å². The van der Waals surface area contributed by atoms with Crippen molar-refractivity contribution in [2.45, 2.75) is 44.1 Å². The Labute approximate surface area is 143 Å². The van der Waals surface area contributed by atoms with Crippen LogP contribution >= 0.6 is 0 Å². The first kappa shape index (κ1) is 16.3. The van der Waals surface area contributed by atoms with E-state index in [1.807, 2.05) is 42.5 Å². The van der Waals surface area contributed by atoms with Gasteiger partial charge >= 0.3 is 0 Å². The lowest BCUT2D eigenvalue weighted by Gasteiger charge is -2.31. The maximum atomic E-state index is 12.3. The molecule has 1 aliphatic carbocycles. The van der Waals surface area contributed by atoms with Crippen LogP contribution in [0.5, 0.6) is 0 Å². The molecule has 0 saturated heterocycles. The molecule has 3 nitrogen and oxygen atoms in total. The summed E-state index contributed by atoms with van der Waals surface area (Å²) in [5.74, 6) is -0.0640. The Morgan fingerprint density at radius 1 is 0.958 bits per heavy atom. The Balaban J connectivity index is 1.63. The molecule has 1 amide bonds. The number of rotatable bonds is 4. The molecule has 0 spiro atoms. The Morgan fingerprint density at radius 2 is 1.58 bits per heavy atom. The summed E-state index contributed by atoms with van der Waals surface area (Å²) in [5, 5.41) is 12.4. The zero-order valence-electron chi connectivity index (χ0n) is 13.8. The second-order valence-electron chi connectivity index (χ2n) is 6.54. The van der Waals surface area contributed by atoms with Crippen LogP contribution in [0.1, 0.15) is 37.7 Å². The van der Waals surface area contributed by atoms with Gasteiger partial charge in [0.1, 0.15) is 5.54 Å². The standard InChI is InChI=1S/C21H22N2O/c22-16-21(13-5-2-6-14-21)23-20(24)15-17-9-11-19(12-10-17)18-7-3-1-4-8-18/h1,3-4,7-12H,2,5-6,13-15H2,(H,23,24). The first-order chi connectivity index (χ1) is 11.7. The number of amides is 1. The highest BCUT2D eigenvalue weighted by molar-refractivity contribution is 5.80. The topological polar surface area (TPSA) is 52.9 Å². The minimum atomic E-state index is -0.653. The molecule has 0 bridgehead atoms. The van der Waals surface area contributed by atoms with Gasteiger partial charge in [-0.15, -0.1) is 0 Å². The van der Waals surface area contributed by atoms with Crippen molar-refractivity contribution >= 4 is 5.91 Å². The fourth-order valence-corrected chi connectivity index (χ4v) is 3.36. The SMILES string of the molecule is N#CC1(NC(=O)Cc2ccc(-c3ccccc3)cc2)CCCCC1. The highest BCUT2D eigenvalue weighted by Gasteiger charge is 2.33. The molecule has 2 aromatic rings. The highest BCUT2D eigenvalue weighted by Crippen LogP contribution is 2.27. The first-order valence-electron chi connectivity index (χ1n) is 8.57. The van der Waals surface area contributed by atoms with Gasteiger partial charge in [0.25, 0.3) is 0 Å². The van der Waals surface area contributed by atoms with Gasteiger partial charge in [-0.1, -0.05) is 73.9 Å². The molecule has 1 aliphatic rings. The number of nitrogens with zero attached hydrogens (tertiary/aromatic N) is 1. The summed E-state index contributed by atoms with van der Waals surface area (Å²) in [5.41, 5.74) is 2.62. The van der Waals surface area contributed by atoms with Gasteiger partial charge in [-0.2, -0.15) is 5.26 Å². The van der Waals surface area contributed by atoms with Crippen molar-refractivity contribution in [1.82, 2.24) is 5.32 Å². The molecule has 24 heavy (non-hydrogen) atoms. The smallest absolute Gasteiger partial charge is 0.225 e. The molecule has 0 aromatic heterocycles. The van der Waals surface area contributed by atoms with Crippen LogP contribution in [0.15, 0.2) is 54.6 Å². The summed E-state index contributed by atoms with van der Waals surface area (Å²) in [4.78, 5) is 12.3. The predicted octanol–water partition coefficient (Wildman–Crippen LogP) is 4.24. The van der Waals surface area contributed by atoms with E-state index in [0.29, 0.717) is 6.42 Å². The van der Waals surface area contributed by atoms with Crippen LogP contribution in [0.25, 0.3) is 11.1 Å². The molecule has 0 heterocycles. The zero-order valence-corrected chi connectivity index (χ0v) is 13.8. The maximum absolute atomic E-state index is 12.3. The zero-order chi connectivity index (χ0) is 16.8. The van der Waals surface area contributed by atoms with E-state index in [-0.39, 0.29) is 5.91 Å². The molecule has 0 atom stereocenters. The molecule has 3 heteroatoms. The van der Waals surface area contributed by atoms with Gasteiger partial charge in [-0.25, -0.2) is 0 Å². The van der Waals surface area contributed by atoms with Gasteiger partial charge < -0.3 is 5.32 Å².